The molecule has 4 heteroatoms. The van der Waals surface area contributed by atoms with E-state index < -0.39 is 0 Å². The van der Waals surface area contributed by atoms with Crippen molar-refractivity contribution in [3.8, 4) is 0 Å². The van der Waals surface area contributed by atoms with Crippen LogP contribution in [-0.4, -0.2) is 35.2 Å². The van der Waals surface area contributed by atoms with Gasteiger partial charge in [0.25, 0.3) is 0 Å². The molecule has 15 heavy (non-hydrogen) atoms. The van der Waals surface area contributed by atoms with Crippen LogP contribution in [-0.2, 0) is 13.0 Å². The minimum absolute atomic E-state index is 0.0199. The van der Waals surface area contributed by atoms with Crippen molar-refractivity contribution in [2.45, 2.75) is 19.0 Å². The van der Waals surface area contributed by atoms with E-state index in [0.717, 1.165) is 25.1 Å². The van der Waals surface area contributed by atoms with Gasteiger partial charge in [0, 0.05) is 25.5 Å². The molecule has 0 saturated carbocycles. The third-order valence-electron chi connectivity index (χ3n) is 2.96. The fourth-order valence-electron chi connectivity index (χ4n) is 2.08. The van der Waals surface area contributed by atoms with Crippen LogP contribution < -0.4 is 5.73 Å². The van der Waals surface area contributed by atoms with Crippen LogP contribution in [0, 0.1) is 0 Å². The zero-order chi connectivity index (χ0) is 10.8. The Morgan fingerprint density at radius 1 is 1.60 bits per heavy atom. The van der Waals surface area contributed by atoms with Crippen LogP contribution in [0.2, 0.25) is 0 Å². The third-order valence-corrected chi connectivity index (χ3v) is 2.96. The first-order chi connectivity index (χ1) is 7.22. The molecule has 1 unspecified atom stereocenters. The summed E-state index contributed by atoms with van der Waals surface area (Å²) in [5, 5.41) is 9.08. The Kier molecular flexibility index (Phi) is 3.00. The number of likely N-dealkylation sites (N-methyl/N-ethyl adjacent to an activating group) is 1. The van der Waals surface area contributed by atoms with E-state index in [4.69, 9.17) is 10.8 Å². The van der Waals surface area contributed by atoms with Crippen molar-refractivity contribution < 1.29 is 5.11 Å². The van der Waals surface area contributed by atoms with Crippen LogP contribution >= 0.6 is 0 Å². The molecule has 82 valence electrons. The Bertz CT molecular complexity index is 354. The summed E-state index contributed by atoms with van der Waals surface area (Å²) in [5.74, 6) is 0. The first kappa shape index (κ1) is 10.5. The summed E-state index contributed by atoms with van der Waals surface area (Å²) in [4.78, 5) is 6.45. The largest absolute Gasteiger partial charge is 0.394 e. The molecule has 0 aliphatic carbocycles. The van der Waals surface area contributed by atoms with E-state index in [1.807, 2.05) is 6.20 Å². The zero-order valence-corrected chi connectivity index (χ0v) is 8.98. The first-order valence-electron chi connectivity index (χ1n) is 5.23. The number of aliphatic hydroxyl groups excluding tert-OH is 1. The van der Waals surface area contributed by atoms with Crippen molar-refractivity contribution in [3.05, 3.63) is 29.1 Å². The smallest absolute Gasteiger partial charge is 0.0625 e. The highest BCUT2D eigenvalue weighted by atomic mass is 16.3. The first-order valence-corrected chi connectivity index (χ1v) is 5.23. The Morgan fingerprint density at radius 3 is 3.13 bits per heavy atom. The minimum atomic E-state index is -0.296. The number of aliphatic hydroxyl groups is 1. The molecule has 0 fully saturated rings. The van der Waals surface area contributed by atoms with Crippen molar-refractivity contribution >= 4 is 0 Å². The van der Waals surface area contributed by atoms with Crippen LogP contribution in [0.3, 0.4) is 0 Å². The van der Waals surface area contributed by atoms with Gasteiger partial charge in [-0.3, -0.25) is 4.98 Å². The van der Waals surface area contributed by atoms with E-state index in [0.29, 0.717) is 0 Å². The highest BCUT2D eigenvalue weighted by molar-refractivity contribution is 5.35. The minimum Gasteiger partial charge on any atom is -0.394 e. The van der Waals surface area contributed by atoms with Crippen LogP contribution in [0.1, 0.15) is 22.7 Å². The van der Waals surface area contributed by atoms with Gasteiger partial charge in [-0.1, -0.05) is 0 Å². The zero-order valence-electron chi connectivity index (χ0n) is 8.98. The third kappa shape index (κ3) is 2.02. The summed E-state index contributed by atoms with van der Waals surface area (Å²) in [6.45, 7) is 1.95. The fraction of sp³-hybridized carbons (Fsp3) is 0.545. The van der Waals surface area contributed by atoms with Crippen LogP contribution in [0.4, 0.5) is 0 Å². The monoisotopic (exact) mass is 207 g/mol. The summed E-state index contributed by atoms with van der Waals surface area (Å²) >= 11 is 0. The lowest BCUT2D eigenvalue weighted by Crippen LogP contribution is -2.29. The molecule has 0 amide bonds. The normalized spacial score (nSPS) is 18.6. The molecule has 0 spiro atoms. The maximum absolute atomic E-state index is 9.08. The number of hydrogen-bond acceptors (Lipinski definition) is 4. The maximum atomic E-state index is 9.08. The number of nitrogens with two attached hydrogens (primary N) is 1. The Hall–Kier alpha value is -0.970. The number of aromatic nitrogens is 1. The number of nitrogens with zero attached hydrogens (tertiary/aromatic N) is 2. The molecule has 1 aromatic heterocycles. The Morgan fingerprint density at radius 2 is 2.40 bits per heavy atom. The van der Waals surface area contributed by atoms with E-state index in [1.54, 1.807) is 6.20 Å². The molecule has 2 heterocycles. The van der Waals surface area contributed by atoms with Gasteiger partial charge in [-0.25, -0.2) is 0 Å². The van der Waals surface area contributed by atoms with Gasteiger partial charge in [0.1, 0.15) is 0 Å². The van der Waals surface area contributed by atoms with Crippen LogP contribution in [0.15, 0.2) is 12.4 Å². The molecule has 0 saturated heterocycles. The van der Waals surface area contributed by atoms with Gasteiger partial charge in [-0.05, 0) is 30.2 Å². The van der Waals surface area contributed by atoms with Gasteiger partial charge in [0.05, 0.1) is 12.6 Å². The summed E-state index contributed by atoms with van der Waals surface area (Å²) in [6.07, 6.45) is 4.68. The molecule has 4 nitrogen and oxygen atoms in total. The van der Waals surface area contributed by atoms with Crippen molar-refractivity contribution in [1.29, 1.82) is 0 Å². The lowest BCUT2D eigenvalue weighted by Gasteiger charge is -2.27. The second-order valence-electron chi connectivity index (χ2n) is 4.14. The van der Waals surface area contributed by atoms with E-state index in [9.17, 15) is 0 Å². The average molecular weight is 207 g/mol. The molecule has 1 atom stereocenters. The molecule has 2 rings (SSSR count). The average Bonchev–Trinajstić information content (AvgIpc) is 2.26. The molecular formula is C11H17N3O. The second kappa shape index (κ2) is 4.26. The molecule has 0 bridgehead atoms. The van der Waals surface area contributed by atoms with Crippen molar-refractivity contribution in [1.82, 2.24) is 9.88 Å². The summed E-state index contributed by atoms with van der Waals surface area (Å²) in [5.41, 5.74) is 9.38. The quantitative estimate of drug-likeness (QED) is 0.720. The van der Waals surface area contributed by atoms with E-state index >= 15 is 0 Å². The van der Waals surface area contributed by atoms with Gasteiger partial charge in [0.15, 0.2) is 0 Å². The second-order valence-corrected chi connectivity index (χ2v) is 4.14. The maximum Gasteiger partial charge on any atom is 0.0625 e. The molecule has 3 N–H and O–H groups in total. The Balaban J connectivity index is 2.37. The van der Waals surface area contributed by atoms with Gasteiger partial charge in [-0.15, -0.1) is 0 Å². The SMILES string of the molecule is CN1CCc2c(cncc2C(N)CO)C1. The summed E-state index contributed by atoms with van der Waals surface area (Å²) < 4.78 is 0. The van der Waals surface area contributed by atoms with Crippen LogP contribution in [0.5, 0.6) is 0 Å². The summed E-state index contributed by atoms with van der Waals surface area (Å²) in [7, 11) is 2.10. The van der Waals surface area contributed by atoms with Gasteiger partial charge < -0.3 is 15.7 Å². The predicted molar refractivity (Wildman–Crippen MR) is 58.3 cm³/mol. The number of pyridine rings is 1. The number of rotatable bonds is 2. The lowest BCUT2D eigenvalue weighted by atomic mass is 9.94. The Labute approximate surface area is 89.7 Å². The van der Waals surface area contributed by atoms with E-state index in [1.165, 1.54) is 11.1 Å². The van der Waals surface area contributed by atoms with Gasteiger partial charge in [0.2, 0.25) is 0 Å². The van der Waals surface area contributed by atoms with Crippen molar-refractivity contribution in [2.75, 3.05) is 20.2 Å². The van der Waals surface area contributed by atoms with Gasteiger partial charge >= 0.3 is 0 Å². The lowest BCUT2D eigenvalue weighted by molar-refractivity contribution is 0.265. The highest BCUT2D eigenvalue weighted by Crippen LogP contribution is 2.23. The van der Waals surface area contributed by atoms with E-state index in [-0.39, 0.29) is 12.6 Å². The van der Waals surface area contributed by atoms with Crippen LogP contribution in [0.25, 0.3) is 0 Å². The standard InChI is InChI=1S/C11H17N3O/c1-14-3-2-9-8(6-14)4-13-5-10(9)11(12)7-15/h4-5,11,15H,2-3,6-7,12H2,1H3. The molecular weight excluding hydrogens is 190 g/mol. The predicted octanol–water partition coefficient (Wildman–Crippen LogP) is 0.0616. The number of fused-ring (bicyclic) bond motifs is 1. The topological polar surface area (TPSA) is 62.4 Å². The molecule has 0 aromatic carbocycles. The number of hydrogen-bond donors (Lipinski definition) is 2. The molecule has 1 aliphatic heterocycles. The van der Waals surface area contributed by atoms with E-state index in [2.05, 4.69) is 16.9 Å². The summed E-state index contributed by atoms with van der Waals surface area (Å²) in [6, 6.07) is -0.296. The molecule has 1 aromatic rings. The van der Waals surface area contributed by atoms with Crippen molar-refractivity contribution in [2.24, 2.45) is 5.73 Å². The van der Waals surface area contributed by atoms with Gasteiger partial charge in [-0.2, -0.15) is 0 Å². The van der Waals surface area contributed by atoms with Crippen molar-refractivity contribution in [3.63, 3.8) is 0 Å². The molecule has 0 radical (unpaired) electrons. The fourth-order valence-corrected chi connectivity index (χ4v) is 2.08. The molecule has 1 aliphatic rings. The highest BCUT2D eigenvalue weighted by Gasteiger charge is 2.19.